The highest BCUT2D eigenvalue weighted by Crippen LogP contribution is 2.45. The lowest BCUT2D eigenvalue weighted by molar-refractivity contribution is -0.162. The summed E-state index contributed by atoms with van der Waals surface area (Å²) in [4.78, 5) is 38.6. The molecule has 7 nitrogen and oxygen atoms in total. The number of amides is 2. The van der Waals surface area contributed by atoms with Crippen molar-refractivity contribution in [2.75, 3.05) is 19.7 Å². The fourth-order valence-electron chi connectivity index (χ4n) is 5.60. The second kappa shape index (κ2) is 8.54. The van der Waals surface area contributed by atoms with Crippen molar-refractivity contribution in [3.05, 3.63) is 59.7 Å². The van der Waals surface area contributed by atoms with Crippen LogP contribution in [0.2, 0.25) is 0 Å². The number of alkyl carbamates (subject to hydrolysis) is 1. The van der Waals surface area contributed by atoms with E-state index in [1.165, 1.54) is 16.0 Å². The van der Waals surface area contributed by atoms with Gasteiger partial charge in [0.15, 0.2) is 0 Å². The molecule has 1 unspecified atom stereocenters. The van der Waals surface area contributed by atoms with Crippen LogP contribution < -0.4 is 5.32 Å². The Morgan fingerprint density at radius 1 is 1.00 bits per heavy atom. The molecule has 1 aliphatic heterocycles. The topological polar surface area (TPSA) is 95.9 Å². The minimum Gasteiger partial charge on any atom is -0.480 e. The second-order valence-electron chi connectivity index (χ2n) is 9.31. The van der Waals surface area contributed by atoms with Crippen LogP contribution in [0, 0.1) is 5.41 Å². The Kier molecular flexibility index (Phi) is 5.56. The summed E-state index contributed by atoms with van der Waals surface area (Å²) in [6.07, 6.45) is 3.02. The van der Waals surface area contributed by atoms with Crippen molar-refractivity contribution in [3.8, 4) is 11.1 Å². The van der Waals surface area contributed by atoms with Gasteiger partial charge in [0.25, 0.3) is 0 Å². The van der Waals surface area contributed by atoms with E-state index in [2.05, 4.69) is 29.6 Å². The van der Waals surface area contributed by atoms with Gasteiger partial charge in [-0.3, -0.25) is 4.79 Å². The molecule has 1 saturated heterocycles. The molecule has 1 heterocycles. The van der Waals surface area contributed by atoms with Gasteiger partial charge in [-0.25, -0.2) is 9.59 Å². The number of nitrogens with one attached hydrogen (secondary N) is 1. The average Bonchev–Trinajstić information content (AvgIpc) is 3.39. The van der Waals surface area contributed by atoms with Crippen LogP contribution in [0.25, 0.3) is 11.1 Å². The zero-order chi connectivity index (χ0) is 23.0. The van der Waals surface area contributed by atoms with Gasteiger partial charge in [-0.15, -0.1) is 0 Å². The monoisotopic (exact) mass is 448 g/mol. The number of hydrogen-bond acceptors (Lipinski definition) is 4. The van der Waals surface area contributed by atoms with Gasteiger partial charge in [0.2, 0.25) is 5.91 Å². The van der Waals surface area contributed by atoms with Gasteiger partial charge in [0.05, 0.1) is 5.41 Å². The molecule has 5 rings (SSSR count). The van der Waals surface area contributed by atoms with E-state index in [1.54, 1.807) is 0 Å². The van der Waals surface area contributed by atoms with E-state index >= 15 is 0 Å². The molecule has 33 heavy (non-hydrogen) atoms. The summed E-state index contributed by atoms with van der Waals surface area (Å²) in [6, 6.07) is 15.6. The molecule has 2 amide bonds. The molecule has 2 aromatic carbocycles. The number of benzene rings is 2. The summed E-state index contributed by atoms with van der Waals surface area (Å²) in [5.74, 6) is -1.15. The number of ether oxygens (including phenoxy) is 1. The molecule has 2 aromatic rings. The predicted molar refractivity (Wildman–Crippen MR) is 122 cm³/mol. The van der Waals surface area contributed by atoms with Crippen molar-refractivity contribution in [2.24, 2.45) is 5.41 Å². The number of likely N-dealkylation sites (tertiary alicyclic amines) is 1. The number of carbonyl (C=O) groups is 3. The molecule has 3 aliphatic rings. The maximum Gasteiger partial charge on any atom is 0.407 e. The summed E-state index contributed by atoms with van der Waals surface area (Å²) in [5, 5.41) is 12.1. The molecular weight excluding hydrogens is 420 g/mol. The van der Waals surface area contributed by atoms with Crippen LogP contribution in [0.3, 0.4) is 0 Å². The molecule has 0 aromatic heterocycles. The Morgan fingerprint density at radius 2 is 1.61 bits per heavy atom. The lowest BCUT2D eigenvalue weighted by Gasteiger charge is -2.43. The average molecular weight is 449 g/mol. The number of carboxylic acid groups (broad SMARTS) is 1. The minimum atomic E-state index is -0.966. The molecule has 0 bridgehead atoms. The molecular formula is C26H28N2O5. The third-order valence-corrected chi connectivity index (χ3v) is 7.49. The molecule has 1 saturated carbocycles. The largest absolute Gasteiger partial charge is 0.480 e. The quantitative estimate of drug-likeness (QED) is 0.701. The number of nitrogens with zero attached hydrogens (tertiary/aromatic N) is 1. The van der Waals surface area contributed by atoms with Gasteiger partial charge in [0.1, 0.15) is 12.6 Å². The van der Waals surface area contributed by atoms with Crippen LogP contribution >= 0.6 is 0 Å². The fraction of sp³-hybridized carbons (Fsp3) is 0.423. The fourth-order valence-corrected chi connectivity index (χ4v) is 5.60. The molecule has 2 N–H and O–H groups in total. The van der Waals surface area contributed by atoms with Crippen LogP contribution in [-0.2, 0) is 14.3 Å². The van der Waals surface area contributed by atoms with E-state index in [9.17, 15) is 19.5 Å². The smallest absolute Gasteiger partial charge is 0.407 e. The Morgan fingerprint density at radius 3 is 2.15 bits per heavy atom. The van der Waals surface area contributed by atoms with Crippen LogP contribution in [0.15, 0.2) is 48.5 Å². The van der Waals surface area contributed by atoms with Gasteiger partial charge < -0.3 is 20.1 Å². The first kappa shape index (κ1) is 21.5. The van der Waals surface area contributed by atoms with Crippen molar-refractivity contribution in [3.63, 3.8) is 0 Å². The SMILES string of the molecule is O=C(NCC1(C(=O)N2CCC2C(=O)O)CCCC1)OCC1c2ccccc2-c2ccccc21. The van der Waals surface area contributed by atoms with Crippen LogP contribution in [0.1, 0.15) is 49.1 Å². The van der Waals surface area contributed by atoms with Gasteiger partial charge >= 0.3 is 12.1 Å². The lowest BCUT2D eigenvalue weighted by atomic mass is 9.82. The molecule has 1 atom stereocenters. The summed E-state index contributed by atoms with van der Waals surface area (Å²) in [5.41, 5.74) is 3.89. The first-order valence-electron chi connectivity index (χ1n) is 11.6. The molecule has 2 fully saturated rings. The van der Waals surface area contributed by atoms with E-state index in [1.807, 2.05) is 24.3 Å². The predicted octanol–water partition coefficient (Wildman–Crippen LogP) is 3.77. The summed E-state index contributed by atoms with van der Waals surface area (Å²) < 4.78 is 5.62. The Balaban J connectivity index is 1.23. The highest BCUT2D eigenvalue weighted by atomic mass is 16.5. The molecule has 7 heteroatoms. The first-order valence-corrected chi connectivity index (χ1v) is 11.6. The van der Waals surface area contributed by atoms with E-state index in [-0.39, 0.29) is 25.0 Å². The third kappa shape index (κ3) is 3.75. The van der Waals surface area contributed by atoms with E-state index < -0.39 is 23.5 Å². The number of carbonyl (C=O) groups excluding carboxylic acids is 2. The van der Waals surface area contributed by atoms with E-state index in [4.69, 9.17) is 4.74 Å². The third-order valence-electron chi connectivity index (χ3n) is 7.49. The number of aliphatic carboxylic acids is 1. The van der Waals surface area contributed by atoms with E-state index in [0.29, 0.717) is 25.8 Å². The Hall–Kier alpha value is -3.35. The van der Waals surface area contributed by atoms with Crippen LogP contribution in [-0.4, -0.2) is 53.7 Å². The standard InChI is InChI=1S/C26H28N2O5/c29-23(30)22-11-14-28(22)24(31)26(12-5-6-13-26)16-27-25(32)33-15-21-19-9-3-1-7-17(19)18-8-2-4-10-20(18)21/h1-4,7-10,21-22H,5-6,11-16H2,(H,27,32)(H,29,30). The van der Waals surface area contributed by atoms with E-state index in [0.717, 1.165) is 24.0 Å². The van der Waals surface area contributed by atoms with Crippen molar-refractivity contribution in [1.82, 2.24) is 10.2 Å². The van der Waals surface area contributed by atoms with Gasteiger partial charge in [-0.05, 0) is 41.5 Å². The second-order valence-corrected chi connectivity index (χ2v) is 9.31. The summed E-state index contributed by atoms with van der Waals surface area (Å²) in [6.45, 7) is 0.849. The Bertz CT molecular complexity index is 1050. The van der Waals surface area contributed by atoms with Crippen LogP contribution in [0.4, 0.5) is 4.79 Å². The van der Waals surface area contributed by atoms with Crippen molar-refractivity contribution in [2.45, 2.75) is 44.1 Å². The normalized spacial score (nSPS) is 20.5. The molecule has 2 aliphatic carbocycles. The van der Waals surface area contributed by atoms with Crippen molar-refractivity contribution in [1.29, 1.82) is 0 Å². The molecule has 0 radical (unpaired) electrons. The summed E-state index contributed by atoms with van der Waals surface area (Å²) in [7, 11) is 0. The zero-order valence-corrected chi connectivity index (χ0v) is 18.5. The number of carboxylic acids is 1. The maximum absolute atomic E-state index is 13.2. The lowest BCUT2D eigenvalue weighted by Crippen LogP contribution is -2.60. The molecule has 0 spiro atoms. The van der Waals surface area contributed by atoms with Crippen molar-refractivity contribution < 1.29 is 24.2 Å². The Labute approximate surface area is 192 Å². The maximum atomic E-state index is 13.2. The number of fused-ring (bicyclic) bond motifs is 3. The minimum absolute atomic E-state index is 0.0253. The van der Waals surface area contributed by atoms with Gasteiger partial charge in [0, 0.05) is 19.0 Å². The van der Waals surface area contributed by atoms with Gasteiger partial charge in [-0.2, -0.15) is 0 Å². The highest BCUT2D eigenvalue weighted by molar-refractivity contribution is 5.89. The van der Waals surface area contributed by atoms with Gasteiger partial charge in [-0.1, -0.05) is 61.4 Å². The highest BCUT2D eigenvalue weighted by Gasteiger charge is 2.49. The number of rotatable bonds is 6. The van der Waals surface area contributed by atoms with Crippen molar-refractivity contribution >= 4 is 18.0 Å². The zero-order valence-electron chi connectivity index (χ0n) is 18.5. The molecule has 172 valence electrons. The number of hydrogen-bond donors (Lipinski definition) is 2. The van der Waals surface area contributed by atoms with Crippen LogP contribution in [0.5, 0.6) is 0 Å². The summed E-state index contributed by atoms with van der Waals surface area (Å²) >= 11 is 0. The first-order chi connectivity index (χ1) is 16.0.